The van der Waals surface area contributed by atoms with Crippen molar-refractivity contribution in [3.63, 3.8) is 0 Å². The summed E-state index contributed by atoms with van der Waals surface area (Å²) in [6.07, 6.45) is 3.54. The molecule has 0 unspecified atom stereocenters. The Bertz CT molecular complexity index is 790. The fraction of sp³-hybridized carbons (Fsp3) is 0.176. The molecule has 0 aliphatic rings. The zero-order valence-electron chi connectivity index (χ0n) is 12.5. The Balaban J connectivity index is 1.98. The molecular formula is C17H17N3O2. The lowest BCUT2D eigenvalue weighted by atomic mass is 10.1. The van der Waals surface area contributed by atoms with Crippen molar-refractivity contribution in [1.82, 2.24) is 9.97 Å². The van der Waals surface area contributed by atoms with Crippen LogP contribution in [0.15, 0.2) is 48.8 Å². The van der Waals surface area contributed by atoms with Crippen molar-refractivity contribution in [3.8, 4) is 5.75 Å². The van der Waals surface area contributed by atoms with Gasteiger partial charge in [0.2, 0.25) is 0 Å². The summed E-state index contributed by atoms with van der Waals surface area (Å²) < 4.78 is 10.4. The molecule has 22 heavy (non-hydrogen) atoms. The molecule has 112 valence electrons. The number of rotatable bonds is 5. The minimum absolute atomic E-state index is 0.478. The van der Waals surface area contributed by atoms with Gasteiger partial charge in [-0.15, -0.1) is 0 Å². The molecule has 0 fully saturated rings. The average Bonchev–Trinajstić information content (AvgIpc) is 2.55. The number of ether oxygens (including phenoxy) is 2. The minimum atomic E-state index is 0.478. The largest absolute Gasteiger partial charge is 0.497 e. The van der Waals surface area contributed by atoms with Gasteiger partial charge in [-0.1, -0.05) is 6.07 Å². The predicted molar refractivity (Wildman–Crippen MR) is 86.5 cm³/mol. The van der Waals surface area contributed by atoms with E-state index in [2.05, 4.69) is 15.3 Å². The van der Waals surface area contributed by atoms with Crippen molar-refractivity contribution < 1.29 is 9.47 Å². The summed E-state index contributed by atoms with van der Waals surface area (Å²) >= 11 is 0. The lowest BCUT2D eigenvalue weighted by Crippen LogP contribution is -1.98. The third kappa shape index (κ3) is 2.99. The number of pyridine rings is 2. The number of nitrogens with one attached hydrogen (secondary N) is 1. The highest BCUT2D eigenvalue weighted by atomic mass is 16.5. The van der Waals surface area contributed by atoms with Gasteiger partial charge in [-0.25, -0.2) is 4.98 Å². The highest BCUT2D eigenvalue weighted by Gasteiger charge is 2.05. The van der Waals surface area contributed by atoms with E-state index in [1.165, 1.54) is 0 Å². The van der Waals surface area contributed by atoms with Crippen molar-refractivity contribution >= 4 is 22.3 Å². The standard InChI is InChI=1S/C17H17N3O2/c1-21-11-14-9-13(6-8-18-14)20-17-16-10-15(22-2)4-3-12(16)5-7-19-17/h3-10H,11H2,1-2H3,(H,18,19,20). The monoisotopic (exact) mass is 295 g/mol. The van der Waals surface area contributed by atoms with E-state index in [4.69, 9.17) is 9.47 Å². The van der Waals surface area contributed by atoms with Gasteiger partial charge in [-0.3, -0.25) is 4.98 Å². The zero-order chi connectivity index (χ0) is 15.4. The summed E-state index contributed by atoms with van der Waals surface area (Å²) in [5.74, 6) is 1.59. The van der Waals surface area contributed by atoms with E-state index in [-0.39, 0.29) is 0 Å². The van der Waals surface area contributed by atoms with Gasteiger partial charge in [0.25, 0.3) is 0 Å². The van der Waals surface area contributed by atoms with E-state index in [9.17, 15) is 0 Å². The summed E-state index contributed by atoms with van der Waals surface area (Å²) in [5.41, 5.74) is 1.79. The van der Waals surface area contributed by atoms with Crippen LogP contribution in [0.3, 0.4) is 0 Å². The number of anilines is 2. The van der Waals surface area contributed by atoms with E-state index in [1.54, 1.807) is 26.6 Å². The third-order valence-corrected chi connectivity index (χ3v) is 3.34. The number of nitrogens with zero attached hydrogens (tertiary/aromatic N) is 2. The molecule has 5 nitrogen and oxygen atoms in total. The van der Waals surface area contributed by atoms with Gasteiger partial charge in [0.1, 0.15) is 11.6 Å². The Labute approximate surface area is 128 Å². The summed E-state index contributed by atoms with van der Waals surface area (Å²) in [6, 6.07) is 11.8. The number of fused-ring (bicyclic) bond motifs is 1. The van der Waals surface area contributed by atoms with Gasteiger partial charge in [-0.05, 0) is 35.7 Å². The van der Waals surface area contributed by atoms with Gasteiger partial charge >= 0.3 is 0 Å². The van der Waals surface area contributed by atoms with Crippen molar-refractivity contribution in [1.29, 1.82) is 0 Å². The molecule has 0 aliphatic heterocycles. The van der Waals surface area contributed by atoms with Crippen LogP contribution in [0.2, 0.25) is 0 Å². The first-order valence-electron chi connectivity index (χ1n) is 6.94. The van der Waals surface area contributed by atoms with Crippen molar-refractivity contribution in [2.45, 2.75) is 6.61 Å². The van der Waals surface area contributed by atoms with Crippen LogP contribution in [0.25, 0.3) is 10.8 Å². The Hall–Kier alpha value is -2.66. The quantitative estimate of drug-likeness (QED) is 0.780. The maximum absolute atomic E-state index is 5.30. The van der Waals surface area contributed by atoms with E-state index >= 15 is 0 Å². The molecular weight excluding hydrogens is 278 g/mol. The number of hydrogen-bond acceptors (Lipinski definition) is 5. The van der Waals surface area contributed by atoms with Crippen molar-refractivity contribution in [2.24, 2.45) is 0 Å². The number of aromatic nitrogens is 2. The molecule has 0 spiro atoms. The van der Waals surface area contributed by atoms with E-state index in [0.29, 0.717) is 6.61 Å². The number of hydrogen-bond donors (Lipinski definition) is 1. The van der Waals surface area contributed by atoms with Gasteiger partial charge < -0.3 is 14.8 Å². The fourth-order valence-electron chi connectivity index (χ4n) is 2.29. The van der Waals surface area contributed by atoms with Crippen LogP contribution >= 0.6 is 0 Å². The Morgan fingerprint density at radius 3 is 2.68 bits per heavy atom. The molecule has 1 N–H and O–H groups in total. The first kappa shape index (κ1) is 14.3. The molecule has 0 radical (unpaired) electrons. The number of benzene rings is 1. The highest BCUT2D eigenvalue weighted by Crippen LogP contribution is 2.27. The summed E-state index contributed by atoms with van der Waals surface area (Å²) in [5, 5.41) is 5.44. The molecule has 0 saturated heterocycles. The van der Waals surface area contributed by atoms with Gasteiger partial charge in [0, 0.05) is 30.6 Å². The smallest absolute Gasteiger partial charge is 0.138 e. The summed E-state index contributed by atoms with van der Waals surface area (Å²) in [4.78, 5) is 8.69. The van der Waals surface area contributed by atoms with E-state index in [0.717, 1.165) is 33.7 Å². The topological polar surface area (TPSA) is 56.3 Å². The van der Waals surface area contributed by atoms with Crippen LogP contribution in [-0.4, -0.2) is 24.2 Å². The van der Waals surface area contributed by atoms with Gasteiger partial charge in [0.15, 0.2) is 0 Å². The van der Waals surface area contributed by atoms with Crippen LogP contribution in [0, 0.1) is 0 Å². The SMILES string of the molecule is COCc1cc(Nc2nccc3ccc(OC)cc23)ccn1. The van der Waals surface area contributed by atoms with E-state index < -0.39 is 0 Å². The first-order valence-corrected chi connectivity index (χ1v) is 6.94. The van der Waals surface area contributed by atoms with Crippen LogP contribution in [-0.2, 0) is 11.3 Å². The first-order chi connectivity index (χ1) is 10.8. The Kier molecular flexibility index (Phi) is 4.16. The second-order valence-electron chi connectivity index (χ2n) is 4.84. The highest BCUT2D eigenvalue weighted by molar-refractivity contribution is 5.94. The van der Waals surface area contributed by atoms with Crippen LogP contribution in [0.1, 0.15) is 5.69 Å². The second-order valence-corrected chi connectivity index (χ2v) is 4.84. The average molecular weight is 295 g/mol. The van der Waals surface area contributed by atoms with Crippen LogP contribution in [0.4, 0.5) is 11.5 Å². The second kappa shape index (κ2) is 6.41. The zero-order valence-corrected chi connectivity index (χ0v) is 12.5. The van der Waals surface area contributed by atoms with Gasteiger partial charge in [0.05, 0.1) is 19.4 Å². The molecule has 0 atom stereocenters. The maximum atomic E-state index is 5.30. The molecule has 2 aromatic heterocycles. The predicted octanol–water partition coefficient (Wildman–Crippen LogP) is 3.53. The number of methoxy groups -OCH3 is 2. The molecule has 2 heterocycles. The fourth-order valence-corrected chi connectivity index (χ4v) is 2.29. The Morgan fingerprint density at radius 1 is 1.00 bits per heavy atom. The molecule has 0 saturated carbocycles. The molecule has 3 rings (SSSR count). The van der Waals surface area contributed by atoms with Crippen molar-refractivity contribution in [2.75, 3.05) is 19.5 Å². The molecule has 1 aromatic carbocycles. The maximum Gasteiger partial charge on any atom is 0.138 e. The molecule has 0 bridgehead atoms. The van der Waals surface area contributed by atoms with E-state index in [1.807, 2.05) is 36.4 Å². The van der Waals surface area contributed by atoms with Crippen molar-refractivity contribution in [3.05, 3.63) is 54.5 Å². The third-order valence-electron chi connectivity index (χ3n) is 3.34. The van der Waals surface area contributed by atoms with Gasteiger partial charge in [-0.2, -0.15) is 0 Å². The summed E-state index contributed by atoms with van der Waals surface area (Å²) in [7, 11) is 3.31. The minimum Gasteiger partial charge on any atom is -0.497 e. The van der Waals surface area contributed by atoms with Crippen LogP contribution in [0.5, 0.6) is 5.75 Å². The lowest BCUT2D eigenvalue weighted by Gasteiger charge is -2.10. The lowest BCUT2D eigenvalue weighted by molar-refractivity contribution is 0.181. The molecule has 0 aliphatic carbocycles. The molecule has 3 aromatic rings. The molecule has 0 amide bonds. The Morgan fingerprint density at radius 2 is 1.86 bits per heavy atom. The summed E-state index contributed by atoms with van der Waals surface area (Å²) in [6.45, 7) is 0.478. The van der Waals surface area contributed by atoms with Crippen LogP contribution < -0.4 is 10.1 Å². The normalized spacial score (nSPS) is 10.6. The molecule has 5 heteroatoms.